The van der Waals surface area contributed by atoms with Gasteiger partial charge < -0.3 is 9.47 Å². The molecule has 0 N–H and O–H groups in total. The first-order valence-corrected chi connectivity index (χ1v) is 8.68. The summed E-state index contributed by atoms with van der Waals surface area (Å²) in [6, 6.07) is 10.8. The molecule has 0 aromatic heterocycles. The van der Waals surface area contributed by atoms with E-state index < -0.39 is 27.8 Å². The Morgan fingerprint density at radius 2 is 2.07 bits per heavy atom. The third-order valence-electron chi connectivity index (χ3n) is 4.52. The molecule has 0 saturated carbocycles. The normalized spacial score (nSPS) is 20.6. The van der Waals surface area contributed by atoms with Crippen molar-refractivity contribution < 1.29 is 24.0 Å². The number of carbonyl (C=O) groups excluding carboxylic acids is 2. The van der Waals surface area contributed by atoms with Crippen LogP contribution in [0.15, 0.2) is 55.1 Å². The van der Waals surface area contributed by atoms with Gasteiger partial charge in [0, 0.05) is 5.56 Å². The lowest BCUT2D eigenvalue weighted by Gasteiger charge is -2.34. The third-order valence-corrected chi connectivity index (χ3v) is 5.03. The first kappa shape index (κ1) is 19.6. The predicted octanol–water partition coefficient (Wildman–Crippen LogP) is 3.73. The topological polar surface area (TPSA) is 95.7 Å². The fourth-order valence-electron chi connectivity index (χ4n) is 3.19. The van der Waals surface area contributed by atoms with Crippen LogP contribution < -0.4 is 4.74 Å². The number of ketones is 1. The number of Topliss-reactive ketones (excluding diaryl/α,β-unsaturated/α-hetero) is 1. The van der Waals surface area contributed by atoms with E-state index in [2.05, 4.69) is 6.58 Å². The third kappa shape index (κ3) is 2.93. The average molecular weight is 402 g/mol. The fourth-order valence-corrected chi connectivity index (χ4v) is 3.46. The highest BCUT2D eigenvalue weighted by Crippen LogP contribution is 2.47. The fraction of sp³-hybridized carbons (Fsp3) is 0.200. The van der Waals surface area contributed by atoms with Crippen LogP contribution in [0.2, 0.25) is 0 Å². The molecule has 0 radical (unpaired) electrons. The Morgan fingerprint density at radius 3 is 2.71 bits per heavy atom. The summed E-state index contributed by atoms with van der Waals surface area (Å²) in [6.07, 6.45) is 0.470. The average Bonchev–Trinajstić information content (AvgIpc) is 2.70. The standard InChI is InChI=1S/C20H16ClNO6/c1-3-7-12-8-6-11-15-16(12)28-18(20(21,17(15)23)22(25)26)13-9-4-5-10-14(13)19(24)27-2/h3-6,8-11,18H,1,7H2,2H3/t18-,20+/m0/s1. The van der Waals surface area contributed by atoms with Crippen molar-refractivity contribution in [1.82, 2.24) is 0 Å². The molecule has 1 aliphatic heterocycles. The second-order valence-corrected chi connectivity index (χ2v) is 6.70. The van der Waals surface area contributed by atoms with Gasteiger partial charge >= 0.3 is 11.0 Å². The van der Waals surface area contributed by atoms with Gasteiger partial charge in [-0.3, -0.25) is 14.9 Å². The van der Waals surface area contributed by atoms with Gasteiger partial charge in [-0.1, -0.05) is 36.4 Å². The molecule has 0 aliphatic carbocycles. The maximum Gasteiger partial charge on any atom is 0.397 e. The van der Waals surface area contributed by atoms with E-state index >= 15 is 0 Å². The van der Waals surface area contributed by atoms with Crippen LogP contribution in [0.1, 0.15) is 37.9 Å². The first-order chi connectivity index (χ1) is 13.4. The van der Waals surface area contributed by atoms with E-state index in [4.69, 9.17) is 21.1 Å². The van der Waals surface area contributed by atoms with Crippen LogP contribution in [0, 0.1) is 10.1 Å². The molecular weight excluding hydrogens is 386 g/mol. The number of hydrogen-bond acceptors (Lipinski definition) is 6. The smallest absolute Gasteiger partial charge is 0.397 e. The number of rotatable bonds is 5. The summed E-state index contributed by atoms with van der Waals surface area (Å²) in [7, 11) is 1.19. The van der Waals surface area contributed by atoms with Crippen molar-refractivity contribution in [3.63, 3.8) is 0 Å². The number of ether oxygens (including phenoxy) is 2. The highest BCUT2D eigenvalue weighted by Gasteiger charge is 2.62. The second-order valence-electron chi connectivity index (χ2n) is 6.12. The highest BCUT2D eigenvalue weighted by molar-refractivity contribution is 6.37. The number of halogens is 1. The number of benzene rings is 2. The van der Waals surface area contributed by atoms with Gasteiger partial charge in [-0.05, 0) is 35.7 Å². The van der Waals surface area contributed by atoms with Crippen LogP contribution in [0.3, 0.4) is 0 Å². The Hall–Kier alpha value is -3.19. The summed E-state index contributed by atoms with van der Waals surface area (Å²) in [4.78, 5) is 33.6. The lowest BCUT2D eigenvalue weighted by molar-refractivity contribution is -0.536. The molecule has 7 nitrogen and oxygen atoms in total. The summed E-state index contributed by atoms with van der Waals surface area (Å²) in [6.45, 7) is 3.67. The van der Waals surface area contributed by atoms with Crippen LogP contribution in [0.5, 0.6) is 5.75 Å². The van der Waals surface area contributed by atoms with Crippen LogP contribution in [-0.4, -0.2) is 28.8 Å². The van der Waals surface area contributed by atoms with Crippen molar-refractivity contribution in [2.45, 2.75) is 17.5 Å². The molecular formula is C20H16ClNO6. The maximum absolute atomic E-state index is 13.1. The summed E-state index contributed by atoms with van der Waals surface area (Å²) in [5.41, 5.74) is 0.758. The SMILES string of the molecule is C=CCc1cccc2c1O[C@@H](c1ccccc1C(=O)OC)[C@](Cl)([N+](=O)[O-])C2=O. The number of hydrogen-bond donors (Lipinski definition) is 0. The van der Waals surface area contributed by atoms with E-state index in [1.807, 2.05) is 0 Å². The van der Waals surface area contributed by atoms with Crippen LogP contribution >= 0.6 is 11.6 Å². The summed E-state index contributed by atoms with van der Waals surface area (Å²) in [5.74, 6) is -1.44. The quantitative estimate of drug-likeness (QED) is 0.189. The zero-order valence-corrected chi connectivity index (χ0v) is 15.6. The monoisotopic (exact) mass is 401 g/mol. The zero-order chi connectivity index (χ0) is 20.5. The Bertz CT molecular complexity index is 988. The van der Waals surface area contributed by atoms with E-state index in [1.165, 1.54) is 25.3 Å². The lowest BCUT2D eigenvalue weighted by atomic mass is 9.87. The zero-order valence-electron chi connectivity index (χ0n) is 14.9. The molecule has 0 amide bonds. The van der Waals surface area contributed by atoms with Gasteiger partial charge in [0.05, 0.1) is 23.2 Å². The van der Waals surface area contributed by atoms with Gasteiger partial charge in [-0.2, -0.15) is 0 Å². The summed E-state index contributed by atoms with van der Waals surface area (Å²) < 4.78 is 10.7. The van der Waals surface area contributed by atoms with Crippen molar-refractivity contribution in [1.29, 1.82) is 0 Å². The van der Waals surface area contributed by atoms with Crippen molar-refractivity contribution >= 4 is 23.4 Å². The maximum atomic E-state index is 13.1. The Labute approximate surface area is 165 Å². The molecule has 3 rings (SSSR count). The van der Waals surface area contributed by atoms with E-state index in [0.29, 0.717) is 12.0 Å². The number of allylic oxidation sites excluding steroid dienone is 1. The van der Waals surface area contributed by atoms with Gasteiger partial charge in [0.1, 0.15) is 5.75 Å². The number of esters is 1. The number of nitrogens with zero attached hydrogens (tertiary/aromatic N) is 1. The van der Waals surface area contributed by atoms with Crippen LogP contribution in [-0.2, 0) is 11.2 Å². The van der Waals surface area contributed by atoms with Gasteiger partial charge in [0.2, 0.25) is 6.10 Å². The molecule has 2 aromatic carbocycles. The Balaban J connectivity index is 2.27. The number of carbonyl (C=O) groups is 2. The molecule has 0 saturated heterocycles. The van der Waals surface area contributed by atoms with E-state index in [9.17, 15) is 19.7 Å². The second kappa shape index (κ2) is 7.44. The summed E-state index contributed by atoms with van der Waals surface area (Å²) >= 11 is 6.29. The lowest BCUT2D eigenvalue weighted by Crippen LogP contribution is -2.51. The molecule has 144 valence electrons. The largest absolute Gasteiger partial charge is 0.475 e. The number of alkyl halides is 1. The molecule has 1 heterocycles. The van der Waals surface area contributed by atoms with Crippen molar-refractivity contribution in [3.8, 4) is 5.75 Å². The van der Waals surface area contributed by atoms with E-state index in [-0.39, 0.29) is 22.4 Å². The van der Waals surface area contributed by atoms with Crippen LogP contribution in [0.4, 0.5) is 0 Å². The first-order valence-electron chi connectivity index (χ1n) is 8.31. The summed E-state index contributed by atoms with van der Waals surface area (Å²) in [5, 5.41) is 11.9. The van der Waals surface area contributed by atoms with Gasteiger partial charge in [0.15, 0.2) is 0 Å². The van der Waals surface area contributed by atoms with Gasteiger partial charge in [-0.25, -0.2) is 4.79 Å². The van der Waals surface area contributed by atoms with E-state index in [0.717, 1.165) is 0 Å². The van der Waals surface area contributed by atoms with Crippen molar-refractivity contribution in [3.05, 3.63) is 87.5 Å². The molecule has 28 heavy (non-hydrogen) atoms. The Morgan fingerprint density at radius 1 is 1.36 bits per heavy atom. The molecule has 8 heteroatoms. The van der Waals surface area contributed by atoms with Crippen molar-refractivity contribution in [2.24, 2.45) is 0 Å². The number of nitro groups is 1. The minimum absolute atomic E-state index is 0.0119. The molecule has 0 bridgehead atoms. The molecule has 0 fully saturated rings. The van der Waals surface area contributed by atoms with E-state index in [1.54, 1.807) is 30.3 Å². The predicted molar refractivity (Wildman–Crippen MR) is 101 cm³/mol. The minimum atomic E-state index is -2.63. The minimum Gasteiger partial charge on any atom is -0.475 e. The van der Waals surface area contributed by atoms with Crippen LogP contribution in [0.25, 0.3) is 0 Å². The van der Waals surface area contributed by atoms with Gasteiger partial charge in [-0.15, -0.1) is 6.58 Å². The van der Waals surface area contributed by atoms with Gasteiger partial charge in [0.25, 0.3) is 5.78 Å². The number of fused-ring (bicyclic) bond motifs is 1. The Kier molecular flexibility index (Phi) is 5.20. The molecule has 2 aromatic rings. The number of para-hydroxylation sites is 1. The molecule has 1 aliphatic rings. The number of methoxy groups -OCH3 is 1. The molecule has 2 atom stereocenters. The highest BCUT2D eigenvalue weighted by atomic mass is 35.5. The van der Waals surface area contributed by atoms with Crippen molar-refractivity contribution in [2.75, 3.05) is 7.11 Å². The molecule has 0 spiro atoms. The molecule has 0 unspecified atom stereocenters.